The second kappa shape index (κ2) is 9.97. The second-order valence-corrected chi connectivity index (χ2v) is 10.4. The van der Waals surface area contributed by atoms with Crippen LogP contribution in [0.4, 0.5) is 0 Å². The van der Waals surface area contributed by atoms with E-state index in [4.69, 9.17) is 32.7 Å². The van der Waals surface area contributed by atoms with E-state index in [1.54, 1.807) is 21.2 Å². The van der Waals surface area contributed by atoms with Gasteiger partial charge < -0.3 is 9.47 Å². The number of rotatable bonds is 9. The van der Waals surface area contributed by atoms with Gasteiger partial charge >= 0.3 is 0 Å². The molecule has 0 aliphatic heterocycles. The maximum atomic E-state index is 6.16. The van der Waals surface area contributed by atoms with Crippen LogP contribution in [-0.2, 0) is 26.1 Å². The van der Waals surface area contributed by atoms with E-state index < -0.39 is 0 Å². The predicted octanol–water partition coefficient (Wildman–Crippen LogP) is 4.94. The van der Waals surface area contributed by atoms with Crippen LogP contribution < -0.4 is 9.47 Å². The van der Waals surface area contributed by atoms with Crippen molar-refractivity contribution >= 4 is 55.8 Å². The number of halogens is 2. The quantitative estimate of drug-likeness (QED) is 0.246. The van der Waals surface area contributed by atoms with Gasteiger partial charge in [-0.05, 0) is 24.3 Å². The molecule has 10 nitrogen and oxygen atoms in total. The minimum absolute atomic E-state index is 0.292. The molecule has 4 heterocycles. The van der Waals surface area contributed by atoms with Gasteiger partial charge in [-0.1, -0.05) is 70.1 Å². The molecule has 0 unspecified atom stereocenters. The number of hydrogen-bond acceptors (Lipinski definition) is 10. The normalized spacial score (nSPS) is 11.5. The molecule has 0 saturated carbocycles. The van der Waals surface area contributed by atoms with Crippen LogP contribution in [0.15, 0.2) is 48.5 Å². The van der Waals surface area contributed by atoms with Crippen molar-refractivity contribution in [3.63, 3.8) is 0 Å². The summed E-state index contributed by atoms with van der Waals surface area (Å²) in [6, 6.07) is 14.7. The Kier molecular flexibility index (Phi) is 6.40. The number of benzene rings is 2. The molecule has 0 bridgehead atoms. The Morgan fingerprint density at radius 1 is 0.639 bits per heavy atom. The van der Waals surface area contributed by atoms with Crippen LogP contribution in [0.5, 0.6) is 11.5 Å². The van der Waals surface area contributed by atoms with Gasteiger partial charge in [0.15, 0.2) is 21.7 Å². The third-order valence-electron chi connectivity index (χ3n) is 5.14. The van der Waals surface area contributed by atoms with Crippen molar-refractivity contribution in [3.8, 4) is 11.5 Å². The van der Waals surface area contributed by atoms with Gasteiger partial charge in [-0.15, -0.1) is 20.4 Å². The topological polar surface area (TPSA) is 105 Å². The van der Waals surface area contributed by atoms with E-state index in [9.17, 15) is 0 Å². The van der Waals surface area contributed by atoms with Crippen molar-refractivity contribution in [2.24, 2.45) is 0 Å². The minimum Gasteiger partial charge on any atom is -0.485 e. The zero-order valence-electron chi connectivity index (χ0n) is 18.4. The molecule has 0 radical (unpaired) electrons. The number of ether oxygens (including phenoxy) is 2. The fraction of sp³-hybridized carbons (Fsp3) is 0.182. The maximum Gasteiger partial charge on any atom is 0.234 e. The summed E-state index contributed by atoms with van der Waals surface area (Å²) in [5, 5.41) is 28.9. The highest BCUT2D eigenvalue weighted by atomic mass is 35.5. The molecule has 0 aliphatic rings. The molecule has 0 spiro atoms. The third kappa shape index (κ3) is 4.72. The number of nitrogens with zero attached hydrogens (tertiary/aromatic N) is 8. The number of aryl methyl sites for hydroxylation is 2. The van der Waals surface area contributed by atoms with Gasteiger partial charge in [-0.25, -0.2) is 0 Å². The molecule has 0 amide bonds. The van der Waals surface area contributed by atoms with E-state index in [-0.39, 0.29) is 0 Å². The second-order valence-electron chi connectivity index (χ2n) is 7.55. The average molecular weight is 559 g/mol. The molecule has 6 aromatic rings. The molecule has 182 valence electrons. The largest absolute Gasteiger partial charge is 0.485 e. The van der Waals surface area contributed by atoms with Gasteiger partial charge in [0.05, 0.1) is 10.0 Å². The van der Waals surface area contributed by atoms with Crippen molar-refractivity contribution in [1.29, 1.82) is 0 Å². The number of para-hydroxylation sites is 2. The van der Waals surface area contributed by atoms with Crippen molar-refractivity contribution in [1.82, 2.24) is 39.6 Å². The van der Waals surface area contributed by atoms with E-state index in [1.165, 1.54) is 22.7 Å². The summed E-state index contributed by atoms with van der Waals surface area (Å²) in [6.07, 6.45) is 1.14. The van der Waals surface area contributed by atoms with Crippen LogP contribution in [0.2, 0.25) is 10.0 Å². The average Bonchev–Trinajstić information content (AvgIpc) is 3.64. The van der Waals surface area contributed by atoms with E-state index in [2.05, 4.69) is 30.6 Å². The lowest BCUT2D eigenvalue weighted by atomic mass is 10.3. The summed E-state index contributed by atoms with van der Waals surface area (Å²) < 4.78 is 15.1. The van der Waals surface area contributed by atoms with Gasteiger partial charge in [0, 0.05) is 12.8 Å². The zero-order chi connectivity index (χ0) is 24.5. The molecule has 0 N–H and O–H groups in total. The summed E-state index contributed by atoms with van der Waals surface area (Å²) in [5.41, 5.74) is 0. The first-order valence-corrected chi connectivity index (χ1v) is 13.2. The van der Waals surface area contributed by atoms with Crippen LogP contribution in [0.1, 0.15) is 21.7 Å². The molecule has 2 aromatic carbocycles. The van der Waals surface area contributed by atoms with Gasteiger partial charge in [0.2, 0.25) is 9.92 Å². The zero-order valence-corrected chi connectivity index (χ0v) is 21.6. The smallest absolute Gasteiger partial charge is 0.234 e. The van der Waals surface area contributed by atoms with E-state index in [0.717, 1.165) is 21.7 Å². The fourth-order valence-corrected chi connectivity index (χ4v) is 5.36. The van der Waals surface area contributed by atoms with Crippen LogP contribution in [-0.4, -0.2) is 39.6 Å². The fourth-order valence-electron chi connectivity index (χ4n) is 3.45. The van der Waals surface area contributed by atoms with Crippen LogP contribution in [0, 0.1) is 0 Å². The minimum atomic E-state index is 0.292. The first-order valence-electron chi connectivity index (χ1n) is 10.8. The predicted molar refractivity (Wildman–Crippen MR) is 136 cm³/mol. The molecule has 4 aromatic heterocycles. The van der Waals surface area contributed by atoms with Gasteiger partial charge in [-0.3, -0.25) is 0 Å². The van der Waals surface area contributed by atoms with Crippen LogP contribution in [0.25, 0.3) is 9.92 Å². The number of hydrogen-bond donors (Lipinski definition) is 0. The van der Waals surface area contributed by atoms with Crippen molar-refractivity contribution in [2.45, 2.75) is 26.1 Å². The highest BCUT2D eigenvalue weighted by Gasteiger charge is 2.16. The highest BCUT2D eigenvalue weighted by Crippen LogP contribution is 2.26. The molecule has 0 atom stereocenters. The number of fused-ring (bicyclic) bond motifs is 2. The Bertz CT molecular complexity index is 1540. The molecule has 0 fully saturated rings. The summed E-state index contributed by atoms with van der Waals surface area (Å²) in [6.45, 7) is 0.583. The lowest BCUT2D eigenvalue weighted by molar-refractivity contribution is 0.304. The van der Waals surface area contributed by atoms with Crippen molar-refractivity contribution in [2.75, 3.05) is 0 Å². The SMILES string of the molecule is Clc1ccccc1OCc1nn2c(CCc3nnc4sc(COc5ccccc5Cl)nn34)nnc2s1. The monoisotopic (exact) mass is 558 g/mol. The molecular weight excluding hydrogens is 543 g/mol. The van der Waals surface area contributed by atoms with Gasteiger partial charge in [0.25, 0.3) is 0 Å². The van der Waals surface area contributed by atoms with Crippen LogP contribution >= 0.6 is 45.9 Å². The van der Waals surface area contributed by atoms with Gasteiger partial charge in [0.1, 0.15) is 24.7 Å². The molecule has 0 aliphatic carbocycles. The molecular formula is C22H16Cl2N8O2S2. The standard InChI is InChI=1S/C22H16Cl2N8O2S2/c23-13-5-1-3-7-15(13)33-11-19-29-31-17(25-27-21(31)35-19)9-10-18-26-28-22-32(18)30-20(36-22)12-34-16-8-4-2-6-14(16)24/h1-8H,9-12H2. The van der Waals surface area contributed by atoms with Crippen molar-refractivity contribution < 1.29 is 9.47 Å². The highest BCUT2D eigenvalue weighted by molar-refractivity contribution is 7.16. The van der Waals surface area contributed by atoms with Crippen molar-refractivity contribution in [3.05, 3.63) is 80.2 Å². The molecule has 0 saturated heterocycles. The van der Waals surface area contributed by atoms with Crippen LogP contribution in [0.3, 0.4) is 0 Å². The van der Waals surface area contributed by atoms with Gasteiger partial charge in [-0.2, -0.15) is 19.2 Å². The number of aromatic nitrogens is 8. The summed E-state index contributed by atoms with van der Waals surface area (Å²) >= 11 is 15.2. The maximum absolute atomic E-state index is 6.16. The Labute approximate surface area is 222 Å². The summed E-state index contributed by atoms with van der Waals surface area (Å²) in [5.74, 6) is 2.67. The molecule has 14 heteroatoms. The molecule has 6 rings (SSSR count). The molecule has 36 heavy (non-hydrogen) atoms. The summed E-state index contributed by atoms with van der Waals surface area (Å²) in [7, 11) is 0. The lowest BCUT2D eigenvalue weighted by Gasteiger charge is -2.05. The van der Waals surface area contributed by atoms with E-state index in [0.29, 0.717) is 57.5 Å². The Balaban J connectivity index is 1.12. The first-order chi connectivity index (χ1) is 17.6. The Morgan fingerprint density at radius 2 is 1.08 bits per heavy atom. The lowest BCUT2D eigenvalue weighted by Crippen LogP contribution is -2.04. The third-order valence-corrected chi connectivity index (χ3v) is 7.51. The van der Waals surface area contributed by atoms with E-state index >= 15 is 0 Å². The summed E-state index contributed by atoms with van der Waals surface area (Å²) in [4.78, 5) is 1.39. The Hall–Kier alpha value is -3.32. The van der Waals surface area contributed by atoms with E-state index in [1.807, 2.05) is 36.4 Å². The first kappa shape index (κ1) is 23.1. The Morgan fingerprint density at radius 3 is 1.53 bits per heavy atom.